The van der Waals surface area contributed by atoms with Crippen molar-refractivity contribution in [1.29, 1.82) is 0 Å². The summed E-state index contributed by atoms with van der Waals surface area (Å²) in [6.07, 6.45) is 1.52. The zero-order chi connectivity index (χ0) is 25.2. The number of amides is 3. The van der Waals surface area contributed by atoms with E-state index < -0.39 is 17.6 Å². The molecule has 0 bridgehead atoms. The number of aryl methyl sites for hydroxylation is 1. The Morgan fingerprint density at radius 3 is 2.37 bits per heavy atom. The molecule has 2 aromatic carbocycles. The lowest BCUT2D eigenvalue weighted by molar-refractivity contribution is -0.128. The molecule has 0 aromatic heterocycles. The molecule has 186 valence electrons. The molecule has 2 atom stereocenters. The number of hydrogen-bond acceptors (Lipinski definition) is 4. The van der Waals surface area contributed by atoms with Gasteiger partial charge in [-0.05, 0) is 56.2 Å². The minimum atomic E-state index is -1.01. The van der Waals surface area contributed by atoms with E-state index in [1.54, 1.807) is 4.90 Å². The molecule has 7 nitrogen and oxygen atoms in total. The van der Waals surface area contributed by atoms with Gasteiger partial charge in [0.15, 0.2) is 0 Å². The molecule has 35 heavy (non-hydrogen) atoms. The number of nitrogens with one attached hydrogen (secondary N) is 1. The molecule has 2 aromatic rings. The summed E-state index contributed by atoms with van der Waals surface area (Å²) in [6, 6.07) is 11.9. The summed E-state index contributed by atoms with van der Waals surface area (Å²) in [5, 5.41) is 2.96. The third-order valence-corrected chi connectivity index (χ3v) is 7.08. The fourth-order valence-corrected chi connectivity index (χ4v) is 4.78. The molecular weight excluding hydrogens is 449 g/mol. The van der Waals surface area contributed by atoms with Crippen LogP contribution in [-0.2, 0) is 9.53 Å². The molecule has 1 spiro atoms. The van der Waals surface area contributed by atoms with Gasteiger partial charge in [-0.25, -0.2) is 4.39 Å². The minimum Gasteiger partial charge on any atom is -0.353 e. The Kier molecular flexibility index (Phi) is 7.21. The first kappa shape index (κ1) is 24.9. The van der Waals surface area contributed by atoms with Gasteiger partial charge in [0.05, 0.1) is 6.61 Å². The van der Waals surface area contributed by atoms with E-state index >= 15 is 0 Å². The Morgan fingerprint density at radius 2 is 1.74 bits per heavy atom. The van der Waals surface area contributed by atoms with E-state index in [-0.39, 0.29) is 35.9 Å². The number of carbonyl (C=O) groups is 3. The maximum absolute atomic E-state index is 13.6. The second-order valence-electron chi connectivity index (χ2n) is 9.38. The third-order valence-electron chi connectivity index (χ3n) is 7.08. The van der Waals surface area contributed by atoms with E-state index in [4.69, 9.17) is 4.74 Å². The van der Waals surface area contributed by atoms with Crippen LogP contribution in [0.3, 0.4) is 0 Å². The predicted molar refractivity (Wildman–Crippen MR) is 129 cm³/mol. The van der Waals surface area contributed by atoms with E-state index in [1.165, 1.54) is 29.2 Å². The molecule has 0 saturated carbocycles. The molecule has 8 heteroatoms. The van der Waals surface area contributed by atoms with Gasteiger partial charge < -0.3 is 15.0 Å². The van der Waals surface area contributed by atoms with Crippen molar-refractivity contribution in [2.75, 3.05) is 19.7 Å². The Labute approximate surface area is 205 Å². The Morgan fingerprint density at radius 1 is 1.09 bits per heavy atom. The molecule has 3 amide bonds. The lowest BCUT2D eigenvalue weighted by Gasteiger charge is -2.44. The average molecular weight is 482 g/mol. The highest BCUT2D eigenvalue weighted by molar-refractivity contribution is 5.99. The Balaban J connectivity index is 1.58. The van der Waals surface area contributed by atoms with Crippen LogP contribution in [0.25, 0.3) is 0 Å². The lowest BCUT2D eigenvalue weighted by Crippen LogP contribution is -2.60. The maximum Gasteiger partial charge on any atom is 0.256 e. The van der Waals surface area contributed by atoms with Gasteiger partial charge in [-0.2, -0.15) is 0 Å². The number of likely N-dealkylation sites (tertiary alicyclic amines) is 1. The fourth-order valence-electron chi connectivity index (χ4n) is 4.78. The van der Waals surface area contributed by atoms with Gasteiger partial charge in [0.2, 0.25) is 5.91 Å². The highest BCUT2D eigenvalue weighted by Crippen LogP contribution is 2.39. The predicted octanol–water partition coefficient (Wildman–Crippen LogP) is 3.52. The average Bonchev–Trinajstić information content (AvgIpc) is 3.23. The van der Waals surface area contributed by atoms with Crippen molar-refractivity contribution in [3.05, 3.63) is 71.0 Å². The first-order valence-electron chi connectivity index (χ1n) is 12.1. The number of benzene rings is 2. The zero-order valence-electron chi connectivity index (χ0n) is 20.4. The first-order valence-corrected chi connectivity index (χ1v) is 12.1. The molecule has 2 saturated heterocycles. The van der Waals surface area contributed by atoms with Gasteiger partial charge in [0.25, 0.3) is 11.8 Å². The molecular formula is C27H32FN3O4. The van der Waals surface area contributed by atoms with Crippen molar-refractivity contribution >= 4 is 17.7 Å². The number of ether oxygens (including phenoxy) is 1. The smallest absolute Gasteiger partial charge is 0.256 e. The minimum absolute atomic E-state index is 0.0459. The van der Waals surface area contributed by atoms with Crippen LogP contribution in [0.5, 0.6) is 0 Å². The monoisotopic (exact) mass is 481 g/mol. The van der Waals surface area contributed by atoms with Gasteiger partial charge >= 0.3 is 0 Å². The first-order chi connectivity index (χ1) is 16.8. The third kappa shape index (κ3) is 4.93. The molecule has 2 fully saturated rings. The highest BCUT2D eigenvalue weighted by atomic mass is 19.1. The molecule has 2 unspecified atom stereocenters. The second kappa shape index (κ2) is 10.2. The van der Waals surface area contributed by atoms with Crippen LogP contribution in [0.2, 0.25) is 0 Å². The number of nitrogens with zero attached hydrogens (tertiary/aromatic N) is 2. The summed E-state index contributed by atoms with van der Waals surface area (Å²) in [5.41, 5.74) is 0.840. The normalized spacial score (nSPS) is 20.1. The maximum atomic E-state index is 13.6. The molecule has 0 radical (unpaired) electrons. The molecule has 4 rings (SSSR count). The highest BCUT2D eigenvalue weighted by Gasteiger charge is 2.54. The van der Waals surface area contributed by atoms with Crippen molar-refractivity contribution in [1.82, 2.24) is 15.1 Å². The van der Waals surface area contributed by atoms with Crippen LogP contribution >= 0.6 is 0 Å². The Hall–Kier alpha value is -3.26. The summed E-state index contributed by atoms with van der Waals surface area (Å²) in [6.45, 7) is 6.63. The van der Waals surface area contributed by atoms with Crippen molar-refractivity contribution in [2.24, 2.45) is 0 Å². The van der Waals surface area contributed by atoms with Crippen molar-refractivity contribution in [2.45, 2.75) is 57.8 Å². The summed E-state index contributed by atoms with van der Waals surface area (Å²) in [7, 11) is 0. The van der Waals surface area contributed by atoms with E-state index in [0.717, 1.165) is 12.0 Å². The second-order valence-corrected chi connectivity index (χ2v) is 9.38. The quantitative estimate of drug-likeness (QED) is 0.709. The standard InChI is InChI=1S/C27H32FN3O4/c1-4-19(3)29-24(32)23-17-35-27(31(23)25(33)20-9-11-21(28)12-10-20)13-15-30(16-14-27)26(34)22-8-6-5-7-18(22)2/h5-12,19,23H,4,13-17H2,1-3H3,(H,29,32). The van der Waals surface area contributed by atoms with Gasteiger partial charge in [-0.3, -0.25) is 19.3 Å². The van der Waals surface area contributed by atoms with Crippen molar-refractivity contribution < 1.29 is 23.5 Å². The summed E-state index contributed by atoms with van der Waals surface area (Å²) in [5.74, 6) is -1.16. The zero-order valence-corrected chi connectivity index (χ0v) is 20.4. The SMILES string of the molecule is CCC(C)NC(=O)C1COC2(CCN(C(=O)c3ccccc3C)CC2)N1C(=O)c1ccc(F)cc1. The fraction of sp³-hybridized carbons (Fsp3) is 0.444. The molecule has 0 aliphatic carbocycles. The number of piperidine rings is 1. The summed E-state index contributed by atoms with van der Waals surface area (Å²) < 4.78 is 19.7. The van der Waals surface area contributed by atoms with Crippen LogP contribution in [0.15, 0.2) is 48.5 Å². The van der Waals surface area contributed by atoms with Crippen LogP contribution in [-0.4, -0.2) is 65.0 Å². The number of carbonyl (C=O) groups excluding carboxylic acids is 3. The van der Waals surface area contributed by atoms with Gasteiger partial charge in [-0.1, -0.05) is 25.1 Å². The van der Waals surface area contributed by atoms with Crippen molar-refractivity contribution in [3.63, 3.8) is 0 Å². The van der Waals surface area contributed by atoms with Crippen LogP contribution in [0.4, 0.5) is 4.39 Å². The van der Waals surface area contributed by atoms with Crippen LogP contribution in [0.1, 0.15) is 59.4 Å². The number of rotatable bonds is 5. The van der Waals surface area contributed by atoms with E-state index in [1.807, 2.05) is 45.0 Å². The molecule has 2 aliphatic heterocycles. The van der Waals surface area contributed by atoms with E-state index in [0.29, 0.717) is 31.5 Å². The van der Waals surface area contributed by atoms with E-state index in [9.17, 15) is 18.8 Å². The largest absolute Gasteiger partial charge is 0.353 e. The van der Waals surface area contributed by atoms with Crippen LogP contribution < -0.4 is 5.32 Å². The summed E-state index contributed by atoms with van der Waals surface area (Å²) in [4.78, 5) is 43.2. The van der Waals surface area contributed by atoms with Crippen molar-refractivity contribution in [3.8, 4) is 0 Å². The molecule has 1 N–H and O–H groups in total. The molecule has 2 aliphatic rings. The Bertz CT molecular complexity index is 1100. The van der Waals surface area contributed by atoms with Gasteiger partial charge in [0, 0.05) is 43.1 Å². The van der Waals surface area contributed by atoms with Crippen LogP contribution in [0, 0.1) is 12.7 Å². The lowest BCUT2D eigenvalue weighted by atomic mass is 9.95. The number of hydrogen-bond donors (Lipinski definition) is 1. The van der Waals surface area contributed by atoms with Gasteiger partial charge in [-0.15, -0.1) is 0 Å². The summed E-state index contributed by atoms with van der Waals surface area (Å²) >= 11 is 0. The number of halogens is 1. The molecule has 2 heterocycles. The van der Waals surface area contributed by atoms with E-state index in [2.05, 4.69) is 5.32 Å². The topological polar surface area (TPSA) is 79.0 Å². The van der Waals surface area contributed by atoms with Gasteiger partial charge in [0.1, 0.15) is 17.6 Å².